The molecular formula is C31H35Cl2N7O2. The Kier molecular flexibility index (Phi) is 8.71. The molecule has 3 aromatic carbocycles. The molecule has 3 heterocycles. The van der Waals surface area contributed by atoms with E-state index in [1.165, 1.54) is 17.7 Å². The van der Waals surface area contributed by atoms with E-state index in [1.807, 2.05) is 12.1 Å². The van der Waals surface area contributed by atoms with Crippen LogP contribution < -0.4 is 24.8 Å². The molecule has 0 amide bonds. The molecule has 0 spiro atoms. The normalized spacial score (nSPS) is 17.3. The van der Waals surface area contributed by atoms with Gasteiger partial charge in [0.1, 0.15) is 30.6 Å². The van der Waals surface area contributed by atoms with Crippen LogP contribution in [0, 0.1) is 0 Å². The number of ether oxygens (including phenoxy) is 1. The minimum Gasteiger partial charge on any atom is -0.490 e. The van der Waals surface area contributed by atoms with E-state index in [2.05, 4.69) is 66.5 Å². The number of aromatic nitrogens is 3. The summed E-state index contributed by atoms with van der Waals surface area (Å²) >= 11 is 12.6. The fourth-order valence-corrected chi connectivity index (χ4v) is 6.22. The van der Waals surface area contributed by atoms with Crippen LogP contribution in [0.3, 0.4) is 0 Å². The van der Waals surface area contributed by atoms with Gasteiger partial charge in [-0.05, 0) is 60.7 Å². The predicted octanol–water partition coefficient (Wildman–Crippen LogP) is 4.29. The number of nitrogens with one attached hydrogen (secondary N) is 1. The van der Waals surface area contributed by atoms with Gasteiger partial charge in [0, 0.05) is 85.0 Å². The highest BCUT2D eigenvalue weighted by Crippen LogP contribution is 2.33. The monoisotopic (exact) mass is 607 g/mol. The molecule has 1 unspecified atom stereocenters. The van der Waals surface area contributed by atoms with Crippen molar-refractivity contribution in [2.75, 3.05) is 73.7 Å². The molecule has 2 N–H and O–H groups in total. The topological polar surface area (TPSA) is 81.9 Å². The maximum Gasteiger partial charge on any atom is 0.144 e. The third-order valence-electron chi connectivity index (χ3n) is 7.98. The Bertz CT molecular complexity index is 1440. The van der Waals surface area contributed by atoms with Crippen LogP contribution in [0.15, 0.2) is 79.4 Å². The first kappa shape index (κ1) is 28.6. The number of piperazine rings is 2. The molecular weight excluding hydrogens is 573 g/mol. The van der Waals surface area contributed by atoms with Gasteiger partial charge < -0.3 is 29.9 Å². The van der Waals surface area contributed by atoms with Crippen molar-refractivity contribution in [2.45, 2.75) is 12.1 Å². The number of hydrogen-bond donors (Lipinski definition) is 2. The first-order valence-electron chi connectivity index (χ1n) is 14.3. The Balaban J connectivity index is 1.06. The molecule has 2 aliphatic heterocycles. The van der Waals surface area contributed by atoms with Gasteiger partial charge in [-0.25, -0.2) is 9.67 Å². The van der Waals surface area contributed by atoms with Crippen molar-refractivity contribution in [2.24, 2.45) is 0 Å². The minimum atomic E-state index is -1.45. The van der Waals surface area contributed by atoms with E-state index < -0.39 is 5.60 Å². The molecule has 9 nitrogen and oxygen atoms in total. The van der Waals surface area contributed by atoms with Gasteiger partial charge in [-0.1, -0.05) is 29.3 Å². The zero-order chi connectivity index (χ0) is 28.9. The zero-order valence-electron chi connectivity index (χ0n) is 23.4. The van der Waals surface area contributed by atoms with Gasteiger partial charge in [0.15, 0.2) is 0 Å². The number of anilines is 3. The Labute approximate surface area is 256 Å². The van der Waals surface area contributed by atoms with E-state index in [1.54, 1.807) is 29.2 Å². The van der Waals surface area contributed by atoms with Crippen molar-refractivity contribution in [3.8, 4) is 5.75 Å². The van der Waals surface area contributed by atoms with Gasteiger partial charge in [0.05, 0.1) is 6.54 Å². The van der Waals surface area contributed by atoms with Crippen molar-refractivity contribution in [3.05, 3.63) is 95.0 Å². The van der Waals surface area contributed by atoms with Crippen molar-refractivity contribution in [3.63, 3.8) is 0 Å². The number of rotatable bonds is 9. The highest BCUT2D eigenvalue weighted by molar-refractivity contribution is 6.35. The van der Waals surface area contributed by atoms with E-state index >= 15 is 0 Å². The second-order valence-electron chi connectivity index (χ2n) is 10.8. The third-order valence-corrected chi connectivity index (χ3v) is 8.53. The molecule has 2 fully saturated rings. The molecule has 0 aliphatic carbocycles. The Hall–Kier alpha value is -3.50. The van der Waals surface area contributed by atoms with Crippen LogP contribution in [0.4, 0.5) is 17.1 Å². The summed E-state index contributed by atoms with van der Waals surface area (Å²) in [5, 5.41) is 20.1. The third kappa shape index (κ3) is 6.60. The molecule has 1 atom stereocenters. The van der Waals surface area contributed by atoms with Gasteiger partial charge in [-0.3, -0.25) is 0 Å². The molecule has 2 aliphatic rings. The molecule has 42 heavy (non-hydrogen) atoms. The molecule has 6 rings (SSSR count). The van der Waals surface area contributed by atoms with Crippen LogP contribution in [0.2, 0.25) is 10.0 Å². The summed E-state index contributed by atoms with van der Waals surface area (Å²) in [4.78, 5) is 11.3. The van der Waals surface area contributed by atoms with Crippen LogP contribution in [-0.4, -0.2) is 78.8 Å². The van der Waals surface area contributed by atoms with E-state index in [0.717, 1.165) is 58.0 Å². The van der Waals surface area contributed by atoms with Crippen molar-refractivity contribution in [1.82, 2.24) is 20.1 Å². The van der Waals surface area contributed by atoms with Crippen molar-refractivity contribution in [1.29, 1.82) is 0 Å². The van der Waals surface area contributed by atoms with E-state index in [4.69, 9.17) is 27.9 Å². The standard InChI is InChI=1S/C31H35Cl2N7O2/c32-24-1-10-29(30(33)19-24)31(41,20-40-23-35-22-36-40)21-42-28-8-6-27(7-9-28)39-17-15-38(16-18-39)26-4-2-25(3-5-26)37-13-11-34-12-14-37/h1-10,19,22-23,34,41H,11-18,20-21H2. The SMILES string of the molecule is OC(COc1ccc(N2CCN(c3ccc(N4CCNCC4)cc3)CC2)cc1)(Cn1cncn1)c1ccc(Cl)cc1Cl. The first-order valence-corrected chi connectivity index (χ1v) is 15.0. The number of halogens is 2. The quantitative estimate of drug-likeness (QED) is 0.292. The first-order chi connectivity index (χ1) is 20.5. The molecule has 0 radical (unpaired) electrons. The molecule has 0 bridgehead atoms. The summed E-state index contributed by atoms with van der Waals surface area (Å²) in [5.41, 5.74) is 2.78. The highest BCUT2D eigenvalue weighted by Gasteiger charge is 2.34. The van der Waals surface area contributed by atoms with Crippen LogP contribution in [0.1, 0.15) is 5.56 Å². The maximum absolute atomic E-state index is 11.7. The molecule has 1 aromatic heterocycles. The van der Waals surface area contributed by atoms with Gasteiger partial charge in [0.2, 0.25) is 0 Å². The van der Waals surface area contributed by atoms with Crippen molar-refractivity contribution < 1.29 is 9.84 Å². The predicted molar refractivity (Wildman–Crippen MR) is 168 cm³/mol. The second-order valence-corrected chi connectivity index (χ2v) is 11.6. The zero-order valence-corrected chi connectivity index (χ0v) is 24.9. The van der Waals surface area contributed by atoms with Crippen LogP contribution in [0.5, 0.6) is 5.75 Å². The van der Waals surface area contributed by atoms with Gasteiger partial charge in [0.25, 0.3) is 0 Å². The lowest BCUT2D eigenvalue weighted by molar-refractivity contribution is -0.0269. The average molecular weight is 609 g/mol. The molecule has 4 aromatic rings. The average Bonchev–Trinajstić information content (AvgIpc) is 3.54. The summed E-state index contributed by atoms with van der Waals surface area (Å²) in [7, 11) is 0. The van der Waals surface area contributed by atoms with Gasteiger partial charge in [-0.2, -0.15) is 5.10 Å². The molecule has 11 heteroatoms. The van der Waals surface area contributed by atoms with Gasteiger partial charge >= 0.3 is 0 Å². The van der Waals surface area contributed by atoms with Crippen LogP contribution in [-0.2, 0) is 12.1 Å². The number of aliphatic hydroxyl groups is 1. The summed E-state index contributed by atoms with van der Waals surface area (Å²) < 4.78 is 7.65. The summed E-state index contributed by atoms with van der Waals surface area (Å²) in [5.74, 6) is 0.657. The van der Waals surface area contributed by atoms with Crippen LogP contribution >= 0.6 is 23.2 Å². The van der Waals surface area contributed by atoms with Crippen molar-refractivity contribution >= 4 is 40.3 Å². The summed E-state index contributed by atoms with van der Waals surface area (Å²) in [6.07, 6.45) is 2.97. The second kappa shape index (κ2) is 12.8. The molecule has 2 saturated heterocycles. The highest BCUT2D eigenvalue weighted by atomic mass is 35.5. The molecule has 0 saturated carbocycles. The summed E-state index contributed by atoms with van der Waals surface area (Å²) in [6, 6.07) is 22.0. The minimum absolute atomic E-state index is 0.0281. The Morgan fingerprint density at radius 3 is 1.90 bits per heavy atom. The van der Waals surface area contributed by atoms with Crippen LogP contribution in [0.25, 0.3) is 0 Å². The van der Waals surface area contributed by atoms with E-state index in [-0.39, 0.29) is 13.2 Å². The number of benzene rings is 3. The van der Waals surface area contributed by atoms with Gasteiger partial charge in [-0.15, -0.1) is 0 Å². The lowest BCUT2D eigenvalue weighted by atomic mass is 9.94. The number of hydrogen-bond acceptors (Lipinski definition) is 8. The lowest BCUT2D eigenvalue weighted by Crippen LogP contribution is -2.46. The summed E-state index contributed by atoms with van der Waals surface area (Å²) in [6.45, 7) is 8.09. The fraction of sp³-hybridized carbons (Fsp3) is 0.355. The van der Waals surface area contributed by atoms with E-state index in [9.17, 15) is 5.11 Å². The Morgan fingerprint density at radius 2 is 1.36 bits per heavy atom. The largest absolute Gasteiger partial charge is 0.490 e. The Morgan fingerprint density at radius 1 is 0.786 bits per heavy atom. The fourth-order valence-electron chi connectivity index (χ4n) is 5.63. The van der Waals surface area contributed by atoms with E-state index in [0.29, 0.717) is 21.4 Å². The maximum atomic E-state index is 11.7. The number of nitrogens with zero attached hydrogens (tertiary/aromatic N) is 6. The lowest BCUT2D eigenvalue weighted by Gasteiger charge is -2.37. The smallest absolute Gasteiger partial charge is 0.144 e. The molecule has 220 valence electrons.